The molecular weight excluding hydrogens is 665 g/mol. The second-order valence-electron chi connectivity index (χ2n) is 12.1. The van der Waals surface area contributed by atoms with Gasteiger partial charge in [0.25, 0.3) is 0 Å². The predicted molar refractivity (Wildman–Crippen MR) is 196 cm³/mol. The number of benzene rings is 6. The van der Waals surface area contributed by atoms with E-state index in [1.807, 2.05) is 102 Å². The molecule has 6 aromatic rings. The van der Waals surface area contributed by atoms with Gasteiger partial charge >= 0.3 is 284 Å². The summed E-state index contributed by atoms with van der Waals surface area (Å²) >= 11 is 4.54. The van der Waals surface area contributed by atoms with E-state index in [2.05, 4.69) is 88.3 Å². The van der Waals surface area contributed by atoms with Crippen LogP contribution in [0.4, 0.5) is 5.69 Å². The first-order valence-corrected chi connectivity index (χ1v) is 20.2. The molecule has 0 spiro atoms. The molecule has 4 nitrogen and oxygen atoms in total. The second-order valence-corrected chi connectivity index (χ2v) is 20.8. The fourth-order valence-corrected chi connectivity index (χ4v) is 16.1. The van der Waals surface area contributed by atoms with Gasteiger partial charge in [0.15, 0.2) is 0 Å². The van der Waals surface area contributed by atoms with Crippen LogP contribution in [0, 0.1) is 0 Å². The van der Waals surface area contributed by atoms with Crippen molar-refractivity contribution in [2.75, 3.05) is 11.4 Å². The summed E-state index contributed by atoms with van der Waals surface area (Å²) in [6, 6.07) is 57.5. The molecule has 1 saturated heterocycles. The average molecular weight is 699 g/mol. The Hall–Kier alpha value is -4.70. The van der Waals surface area contributed by atoms with E-state index in [0.717, 1.165) is 32.7 Å². The molecule has 1 amide bonds. The molecule has 47 heavy (non-hydrogen) atoms. The van der Waals surface area contributed by atoms with Crippen molar-refractivity contribution in [2.45, 2.75) is 17.9 Å². The third kappa shape index (κ3) is 4.48. The zero-order valence-corrected chi connectivity index (χ0v) is 28.1. The van der Waals surface area contributed by atoms with Gasteiger partial charge in [-0.3, -0.25) is 0 Å². The van der Waals surface area contributed by atoms with Gasteiger partial charge in [-0.15, -0.1) is 0 Å². The summed E-state index contributed by atoms with van der Waals surface area (Å²) in [6.07, 6.45) is 0.687. The molecule has 0 radical (unpaired) electrons. The topological polar surface area (TPSA) is 38.8 Å². The zero-order valence-electron chi connectivity index (χ0n) is 25.7. The molecule has 8 rings (SSSR count). The fraction of sp³-hybridized carbons (Fsp3) is 0.0976. The Bertz CT molecular complexity index is 1900. The summed E-state index contributed by atoms with van der Waals surface area (Å²) in [6.45, 7) is 0.585. The number of nitrogens with zero attached hydrogens (tertiary/aromatic N) is 1. The molecule has 0 bridgehead atoms. The van der Waals surface area contributed by atoms with Crippen molar-refractivity contribution < 1.29 is 14.3 Å². The van der Waals surface area contributed by atoms with Gasteiger partial charge in [0.1, 0.15) is 0 Å². The number of ether oxygens (including phenoxy) is 2. The van der Waals surface area contributed by atoms with Gasteiger partial charge < -0.3 is 0 Å². The normalized spacial score (nSPS) is 17.6. The number of hydrogen-bond donors (Lipinski definition) is 0. The molecule has 232 valence electrons. The van der Waals surface area contributed by atoms with Crippen molar-refractivity contribution in [3.8, 4) is 11.5 Å². The number of anilines is 1. The fourth-order valence-electron chi connectivity index (χ4n) is 7.39. The van der Waals surface area contributed by atoms with Crippen LogP contribution in [0.15, 0.2) is 170 Å². The Morgan fingerprint density at radius 2 is 1.00 bits per heavy atom. The van der Waals surface area contributed by atoms with E-state index in [1.54, 1.807) is 0 Å². The van der Waals surface area contributed by atoms with Crippen LogP contribution in [0.2, 0.25) is 0 Å². The Kier molecular flexibility index (Phi) is 7.28. The van der Waals surface area contributed by atoms with E-state index >= 15 is 4.79 Å². The summed E-state index contributed by atoms with van der Waals surface area (Å²) in [7, 11) is 0. The summed E-state index contributed by atoms with van der Waals surface area (Å²) in [5, 5.41) is -0.117. The van der Waals surface area contributed by atoms with Gasteiger partial charge in [0, 0.05) is 0 Å². The first kappa shape index (κ1) is 29.7. The van der Waals surface area contributed by atoms with Gasteiger partial charge in [0.2, 0.25) is 0 Å². The standard InChI is InChI=1S/C41H33BrNO3P/c42-47(34-20-10-3-11-21-34,35-22-12-4-13-23-35,36-24-14-5-15-25-36)39-28-29-43(40(39)44)33-26-27-37-38(30-33)46-41(45-37,31-16-6-1-7-17-31)32-18-8-2-9-19-32/h1-27,30,39H,28-29H2. The van der Waals surface area contributed by atoms with Gasteiger partial charge in [-0.05, 0) is 0 Å². The molecule has 6 aromatic carbocycles. The SMILES string of the molecule is O=C1C(P(Br)(c2ccccc2)(c2ccccc2)c2ccccc2)CCN1c1ccc2c(c1)OC(c1ccccc1)(c1ccccc1)O2. The second kappa shape index (κ2) is 11.5. The molecule has 1 fully saturated rings. The molecule has 2 aliphatic heterocycles. The van der Waals surface area contributed by atoms with E-state index in [-0.39, 0.29) is 11.6 Å². The van der Waals surface area contributed by atoms with Gasteiger partial charge in [-0.25, -0.2) is 0 Å². The molecule has 0 aromatic heterocycles. The van der Waals surface area contributed by atoms with E-state index < -0.39 is 11.1 Å². The summed E-state index contributed by atoms with van der Waals surface area (Å²) in [4.78, 5) is 16.9. The number of rotatable bonds is 7. The number of carbonyl (C=O) groups is 1. The molecule has 6 heteroatoms. The molecule has 0 saturated carbocycles. The minimum atomic E-state index is -3.53. The monoisotopic (exact) mass is 697 g/mol. The van der Waals surface area contributed by atoms with Crippen LogP contribution >= 0.6 is 20.8 Å². The number of halogens is 1. The van der Waals surface area contributed by atoms with Crippen molar-refractivity contribution >= 4 is 48.3 Å². The first-order valence-electron chi connectivity index (χ1n) is 15.9. The zero-order chi connectivity index (χ0) is 31.9. The molecule has 0 N–H and O–H groups in total. The van der Waals surface area contributed by atoms with Crippen LogP contribution in [0.25, 0.3) is 0 Å². The maximum absolute atomic E-state index is 15.0. The summed E-state index contributed by atoms with van der Waals surface area (Å²) < 4.78 is 13.4. The molecule has 0 aliphatic carbocycles. The van der Waals surface area contributed by atoms with E-state index in [4.69, 9.17) is 9.47 Å². The summed E-state index contributed by atoms with van der Waals surface area (Å²) in [5.74, 6) is 0.211. The van der Waals surface area contributed by atoms with E-state index in [1.165, 1.54) is 0 Å². The van der Waals surface area contributed by atoms with Crippen molar-refractivity contribution in [3.63, 3.8) is 0 Å². The van der Waals surface area contributed by atoms with Crippen LogP contribution in [0.1, 0.15) is 17.5 Å². The van der Waals surface area contributed by atoms with Crippen molar-refractivity contribution in [1.82, 2.24) is 0 Å². The van der Waals surface area contributed by atoms with Crippen molar-refractivity contribution in [2.24, 2.45) is 0 Å². The number of amides is 1. The Morgan fingerprint density at radius 1 is 0.574 bits per heavy atom. The Balaban J connectivity index is 1.22. The molecule has 1 unspecified atom stereocenters. The maximum atomic E-state index is 15.0. The molecular formula is C41H33BrNO3P. The summed E-state index contributed by atoms with van der Waals surface area (Å²) in [5.41, 5.74) is 2.26. The van der Waals surface area contributed by atoms with Crippen LogP contribution in [-0.2, 0) is 10.6 Å². The average Bonchev–Trinajstić information content (AvgIpc) is 3.75. The first-order chi connectivity index (χ1) is 23.0. The third-order valence-corrected chi connectivity index (χ3v) is 20.3. The molecule has 1 atom stereocenters. The molecule has 2 aliphatic rings. The minimum absolute atomic E-state index is 0.0901. The van der Waals surface area contributed by atoms with Gasteiger partial charge in [0.05, 0.1) is 0 Å². The Labute approximate surface area is 283 Å². The van der Waals surface area contributed by atoms with Crippen LogP contribution in [-0.4, -0.2) is 18.1 Å². The quantitative estimate of drug-likeness (QED) is 0.158. The van der Waals surface area contributed by atoms with Crippen LogP contribution in [0.5, 0.6) is 11.5 Å². The van der Waals surface area contributed by atoms with Crippen molar-refractivity contribution in [3.05, 3.63) is 181 Å². The predicted octanol–water partition coefficient (Wildman–Crippen LogP) is 8.30. The molecule has 2 heterocycles. The van der Waals surface area contributed by atoms with Gasteiger partial charge in [-0.2, -0.15) is 0 Å². The number of hydrogen-bond acceptors (Lipinski definition) is 3. The number of carbonyl (C=O) groups excluding carboxylic acids is 1. The van der Waals surface area contributed by atoms with Crippen LogP contribution in [0.3, 0.4) is 0 Å². The van der Waals surface area contributed by atoms with E-state index in [0.29, 0.717) is 24.5 Å². The van der Waals surface area contributed by atoms with E-state index in [9.17, 15) is 0 Å². The Morgan fingerprint density at radius 3 is 1.47 bits per heavy atom. The number of fused-ring (bicyclic) bond motifs is 1. The van der Waals surface area contributed by atoms with Gasteiger partial charge in [-0.1, -0.05) is 0 Å². The third-order valence-electron chi connectivity index (χ3n) is 9.60. The van der Waals surface area contributed by atoms with Crippen LogP contribution < -0.4 is 30.3 Å². The van der Waals surface area contributed by atoms with Crippen molar-refractivity contribution in [1.29, 1.82) is 0 Å².